The number of carbonyl (C=O) groups excluding carboxylic acids is 1. The van der Waals surface area contributed by atoms with Gasteiger partial charge in [0.2, 0.25) is 5.91 Å². The smallest absolute Gasteiger partial charge is 0.337 e. The first kappa shape index (κ1) is 13.0. The number of aliphatic carboxylic acids is 1. The molecule has 1 rings (SSSR count). The third-order valence-electron chi connectivity index (χ3n) is 3.52. The molecule has 5 nitrogen and oxygen atoms in total. The van der Waals surface area contributed by atoms with E-state index in [2.05, 4.69) is 5.32 Å². The van der Waals surface area contributed by atoms with Crippen molar-refractivity contribution in [3.05, 3.63) is 0 Å². The molecule has 1 unspecified atom stereocenters. The van der Waals surface area contributed by atoms with Gasteiger partial charge in [0, 0.05) is 5.41 Å². The van der Waals surface area contributed by atoms with Gasteiger partial charge in [0.1, 0.15) is 0 Å². The summed E-state index contributed by atoms with van der Waals surface area (Å²) in [6.45, 7) is 2.88. The minimum Gasteiger partial charge on any atom is -0.479 e. The number of carbonyl (C=O) groups is 2. The number of carboxylic acids is 1. The Morgan fingerprint density at radius 1 is 1.44 bits per heavy atom. The molecule has 16 heavy (non-hydrogen) atoms. The molecule has 0 spiro atoms. The van der Waals surface area contributed by atoms with E-state index in [0.717, 1.165) is 25.7 Å². The number of hydrogen-bond donors (Lipinski definition) is 3. The average Bonchev–Trinajstić information content (AvgIpc) is 2.14. The largest absolute Gasteiger partial charge is 0.479 e. The van der Waals surface area contributed by atoms with Crippen LogP contribution < -0.4 is 5.32 Å². The third kappa shape index (κ3) is 2.35. The van der Waals surface area contributed by atoms with Gasteiger partial charge in [-0.1, -0.05) is 13.3 Å². The van der Waals surface area contributed by atoms with Crippen molar-refractivity contribution in [1.29, 1.82) is 0 Å². The predicted molar refractivity (Wildman–Crippen MR) is 57.8 cm³/mol. The molecule has 1 amide bonds. The van der Waals surface area contributed by atoms with Crippen molar-refractivity contribution >= 4 is 11.9 Å². The van der Waals surface area contributed by atoms with Gasteiger partial charge in [0.05, 0.1) is 6.54 Å². The molecule has 3 N–H and O–H groups in total. The standard InChI is InChI=1S/C11H19NO4/c1-3-11(5-4-6-11)8(13)12-7-10(2,16)9(14)15/h16H,3-7H2,1-2H3,(H,12,13)(H,14,15). The van der Waals surface area contributed by atoms with Crippen LogP contribution in [0.25, 0.3) is 0 Å². The van der Waals surface area contributed by atoms with Crippen LogP contribution in [0, 0.1) is 5.41 Å². The van der Waals surface area contributed by atoms with Crippen LogP contribution in [-0.4, -0.2) is 34.2 Å². The highest BCUT2D eigenvalue weighted by Gasteiger charge is 2.43. The van der Waals surface area contributed by atoms with E-state index in [-0.39, 0.29) is 17.9 Å². The highest BCUT2D eigenvalue weighted by Crippen LogP contribution is 2.43. The van der Waals surface area contributed by atoms with Gasteiger partial charge >= 0.3 is 5.97 Å². The van der Waals surface area contributed by atoms with E-state index in [4.69, 9.17) is 5.11 Å². The van der Waals surface area contributed by atoms with Crippen LogP contribution in [-0.2, 0) is 9.59 Å². The monoisotopic (exact) mass is 229 g/mol. The van der Waals surface area contributed by atoms with E-state index in [1.165, 1.54) is 6.92 Å². The Labute approximate surface area is 94.8 Å². The first-order valence-electron chi connectivity index (χ1n) is 5.58. The molecule has 0 aromatic heterocycles. The number of nitrogens with one attached hydrogen (secondary N) is 1. The molecule has 1 fully saturated rings. The minimum absolute atomic E-state index is 0.136. The molecule has 1 aliphatic rings. The first-order chi connectivity index (χ1) is 7.34. The van der Waals surface area contributed by atoms with E-state index in [0.29, 0.717) is 0 Å². The van der Waals surface area contributed by atoms with Crippen LogP contribution >= 0.6 is 0 Å². The van der Waals surface area contributed by atoms with Crippen molar-refractivity contribution in [1.82, 2.24) is 5.32 Å². The normalized spacial score (nSPS) is 21.7. The Morgan fingerprint density at radius 2 is 2.00 bits per heavy atom. The fourth-order valence-electron chi connectivity index (χ4n) is 1.86. The summed E-state index contributed by atoms with van der Waals surface area (Å²) in [4.78, 5) is 22.5. The molecule has 0 radical (unpaired) electrons. The maximum absolute atomic E-state index is 11.8. The summed E-state index contributed by atoms with van der Waals surface area (Å²) in [5.74, 6) is -1.46. The van der Waals surface area contributed by atoms with Crippen molar-refractivity contribution in [2.24, 2.45) is 5.41 Å². The Morgan fingerprint density at radius 3 is 2.31 bits per heavy atom. The number of carboxylic acid groups (broad SMARTS) is 1. The lowest BCUT2D eigenvalue weighted by Gasteiger charge is -2.39. The molecule has 5 heteroatoms. The van der Waals surface area contributed by atoms with E-state index in [1.807, 2.05) is 6.92 Å². The summed E-state index contributed by atoms with van der Waals surface area (Å²) >= 11 is 0. The van der Waals surface area contributed by atoms with Crippen molar-refractivity contribution in [3.8, 4) is 0 Å². The van der Waals surface area contributed by atoms with E-state index < -0.39 is 11.6 Å². The van der Waals surface area contributed by atoms with Gasteiger partial charge in [-0.05, 0) is 26.2 Å². The zero-order valence-electron chi connectivity index (χ0n) is 9.75. The zero-order valence-corrected chi connectivity index (χ0v) is 9.75. The SMILES string of the molecule is CCC1(C(=O)NCC(C)(O)C(=O)O)CCC1. The van der Waals surface area contributed by atoms with Gasteiger partial charge in [-0.15, -0.1) is 0 Å². The highest BCUT2D eigenvalue weighted by atomic mass is 16.4. The Balaban J connectivity index is 2.50. The Kier molecular flexibility index (Phi) is 3.57. The molecule has 92 valence electrons. The van der Waals surface area contributed by atoms with Gasteiger partial charge in [0.25, 0.3) is 0 Å². The van der Waals surface area contributed by atoms with Crippen LogP contribution in [0.5, 0.6) is 0 Å². The fourth-order valence-corrected chi connectivity index (χ4v) is 1.86. The van der Waals surface area contributed by atoms with Gasteiger partial charge in [-0.3, -0.25) is 4.79 Å². The molecule has 0 heterocycles. The number of rotatable bonds is 5. The summed E-state index contributed by atoms with van der Waals surface area (Å²) in [5, 5.41) is 20.7. The number of aliphatic hydroxyl groups is 1. The van der Waals surface area contributed by atoms with Crippen LogP contribution in [0.15, 0.2) is 0 Å². The second-order valence-electron chi connectivity index (χ2n) is 4.75. The molecule has 0 aromatic rings. The van der Waals surface area contributed by atoms with Crippen LogP contribution in [0.1, 0.15) is 39.5 Å². The highest BCUT2D eigenvalue weighted by molar-refractivity contribution is 5.84. The lowest BCUT2D eigenvalue weighted by molar-refractivity contribution is -0.157. The average molecular weight is 229 g/mol. The number of hydrogen-bond acceptors (Lipinski definition) is 3. The van der Waals surface area contributed by atoms with Crippen molar-refractivity contribution < 1.29 is 19.8 Å². The van der Waals surface area contributed by atoms with Gasteiger partial charge in [0.15, 0.2) is 5.60 Å². The summed E-state index contributed by atoms with van der Waals surface area (Å²) in [7, 11) is 0. The summed E-state index contributed by atoms with van der Waals surface area (Å²) in [6, 6.07) is 0. The quantitative estimate of drug-likeness (QED) is 0.641. The van der Waals surface area contributed by atoms with E-state index >= 15 is 0 Å². The van der Waals surface area contributed by atoms with Crippen LogP contribution in [0.4, 0.5) is 0 Å². The third-order valence-corrected chi connectivity index (χ3v) is 3.52. The number of amides is 1. The molecular weight excluding hydrogens is 210 g/mol. The Hall–Kier alpha value is -1.10. The van der Waals surface area contributed by atoms with E-state index in [1.54, 1.807) is 0 Å². The summed E-state index contributed by atoms with van der Waals surface area (Å²) < 4.78 is 0. The molecular formula is C11H19NO4. The van der Waals surface area contributed by atoms with Gasteiger partial charge in [-0.2, -0.15) is 0 Å². The minimum atomic E-state index is -1.89. The van der Waals surface area contributed by atoms with E-state index in [9.17, 15) is 14.7 Å². The lowest BCUT2D eigenvalue weighted by atomic mass is 9.66. The maximum atomic E-state index is 11.8. The zero-order chi connectivity index (χ0) is 12.4. The second kappa shape index (κ2) is 4.41. The molecule has 0 saturated heterocycles. The lowest BCUT2D eigenvalue weighted by Crippen LogP contribution is -2.52. The van der Waals surface area contributed by atoms with Gasteiger partial charge < -0.3 is 15.5 Å². The van der Waals surface area contributed by atoms with Crippen LogP contribution in [0.3, 0.4) is 0 Å². The molecule has 1 aliphatic carbocycles. The Bertz CT molecular complexity index is 289. The molecule has 0 bridgehead atoms. The summed E-state index contributed by atoms with van der Waals surface area (Å²) in [6.07, 6.45) is 3.50. The topological polar surface area (TPSA) is 86.6 Å². The fraction of sp³-hybridized carbons (Fsp3) is 0.818. The molecule has 0 aliphatic heterocycles. The maximum Gasteiger partial charge on any atom is 0.337 e. The van der Waals surface area contributed by atoms with Crippen molar-refractivity contribution in [3.63, 3.8) is 0 Å². The molecule has 0 aromatic carbocycles. The van der Waals surface area contributed by atoms with Crippen molar-refractivity contribution in [2.75, 3.05) is 6.54 Å². The second-order valence-corrected chi connectivity index (χ2v) is 4.75. The predicted octanol–water partition coefficient (Wildman–Crippen LogP) is 0.518. The van der Waals surface area contributed by atoms with Gasteiger partial charge in [-0.25, -0.2) is 4.79 Å². The van der Waals surface area contributed by atoms with Crippen LogP contribution in [0.2, 0.25) is 0 Å². The molecule has 1 saturated carbocycles. The first-order valence-corrected chi connectivity index (χ1v) is 5.58. The van der Waals surface area contributed by atoms with Crippen molar-refractivity contribution in [2.45, 2.75) is 45.1 Å². The molecule has 1 atom stereocenters. The summed E-state index contributed by atoms with van der Waals surface area (Å²) in [5.41, 5.74) is -2.22.